The maximum absolute atomic E-state index is 12.5. The van der Waals surface area contributed by atoms with E-state index in [0.29, 0.717) is 11.6 Å². The summed E-state index contributed by atoms with van der Waals surface area (Å²) in [4.78, 5) is 19.8. The lowest BCUT2D eigenvalue weighted by Crippen LogP contribution is -2.29. The van der Waals surface area contributed by atoms with Crippen LogP contribution in [0.1, 0.15) is 64.0 Å². The zero-order chi connectivity index (χ0) is 21.6. The maximum atomic E-state index is 12.5. The molecule has 0 spiro atoms. The third-order valence-corrected chi connectivity index (χ3v) is 5.90. The van der Waals surface area contributed by atoms with Crippen LogP contribution < -0.4 is 21.3 Å². The molecule has 0 aliphatic heterocycles. The first-order chi connectivity index (χ1) is 14.3. The van der Waals surface area contributed by atoms with Crippen molar-refractivity contribution < 1.29 is 0 Å². The Morgan fingerprint density at radius 2 is 2.00 bits per heavy atom. The summed E-state index contributed by atoms with van der Waals surface area (Å²) in [7, 11) is 0. The number of nitrogens with one attached hydrogen (secondary N) is 3. The van der Waals surface area contributed by atoms with E-state index in [9.17, 15) is 4.79 Å². The van der Waals surface area contributed by atoms with E-state index in [4.69, 9.17) is 5.73 Å². The van der Waals surface area contributed by atoms with Crippen LogP contribution in [0.3, 0.4) is 0 Å². The van der Waals surface area contributed by atoms with Crippen molar-refractivity contribution in [2.24, 2.45) is 10.7 Å². The molecule has 0 amide bonds. The predicted octanol–water partition coefficient (Wildman–Crippen LogP) is 4.69. The molecule has 6 nitrogen and oxygen atoms in total. The molecule has 30 heavy (non-hydrogen) atoms. The average Bonchev–Trinajstić information content (AvgIpc) is 2.68. The van der Waals surface area contributed by atoms with Crippen LogP contribution in [-0.2, 0) is 6.54 Å². The molecule has 2 aromatic rings. The van der Waals surface area contributed by atoms with E-state index in [-0.39, 0.29) is 16.1 Å². The lowest BCUT2D eigenvalue weighted by molar-refractivity contribution is 0.462. The van der Waals surface area contributed by atoms with Crippen molar-refractivity contribution in [3.05, 3.63) is 58.0 Å². The molecule has 3 rings (SSSR count). The lowest BCUT2D eigenvalue weighted by Gasteiger charge is -2.24. The van der Waals surface area contributed by atoms with Gasteiger partial charge in [-0.05, 0) is 57.4 Å². The Balaban J connectivity index is 1.78. The van der Waals surface area contributed by atoms with Crippen molar-refractivity contribution in [2.45, 2.75) is 70.2 Å². The molecule has 0 saturated heterocycles. The van der Waals surface area contributed by atoms with Crippen LogP contribution in [0.5, 0.6) is 0 Å². The molecule has 0 radical (unpaired) electrons. The van der Waals surface area contributed by atoms with E-state index in [1.807, 2.05) is 24.3 Å². The Bertz CT molecular complexity index is 926. The predicted molar refractivity (Wildman–Crippen MR) is 129 cm³/mol. The molecule has 0 bridgehead atoms. The number of aliphatic imine (C=N–C) groups is 1. The van der Waals surface area contributed by atoms with Crippen molar-refractivity contribution in [1.29, 1.82) is 0 Å². The molecule has 7 heteroatoms. The van der Waals surface area contributed by atoms with Crippen LogP contribution in [0.2, 0.25) is 0 Å². The minimum atomic E-state index is -0.226. The van der Waals surface area contributed by atoms with E-state index in [1.54, 1.807) is 18.1 Å². The van der Waals surface area contributed by atoms with Crippen molar-refractivity contribution in [2.75, 3.05) is 5.32 Å². The molecule has 1 aliphatic carbocycles. The monoisotopic (exact) mass is 427 g/mol. The largest absolute Gasteiger partial charge is 0.383 e. The molecule has 1 aromatic heterocycles. The van der Waals surface area contributed by atoms with Gasteiger partial charge in [0, 0.05) is 23.5 Å². The fourth-order valence-electron chi connectivity index (χ4n) is 3.59. The third kappa shape index (κ3) is 6.64. The summed E-state index contributed by atoms with van der Waals surface area (Å²) >= 11 is 1.70. The maximum Gasteiger partial charge on any atom is 0.261 e. The van der Waals surface area contributed by atoms with Crippen LogP contribution in [0.25, 0.3) is 0 Å². The highest BCUT2D eigenvalue weighted by Gasteiger charge is 2.17. The quantitative estimate of drug-likeness (QED) is 0.292. The van der Waals surface area contributed by atoms with Gasteiger partial charge in [0.05, 0.1) is 11.4 Å². The Morgan fingerprint density at radius 1 is 1.23 bits per heavy atom. The number of amidine groups is 1. The van der Waals surface area contributed by atoms with Gasteiger partial charge in [0.2, 0.25) is 0 Å². The molecule has 0 atom stereocenters. The van der Waals surface area contributed by atoms with Gasteiger partial charge in [0.1, 0.15) is 11.4 Å². The number of nitrogens with zero attached hydrogens (tertiary/aromatic N) is 1. The molecule has 1 heterocycles. The minimum Gasteiger partial charge on any atom is -0.383 e. The Labute approximate surface area is 183 Å². The summed E-state index contributed by atoms with van der Waals surface area (Å²) < 4.78 is 3.54. The first-order valence-electron chi connectivity index (χ1n) is 10.6. The van der Waals surface area contributed by atoms with Crippen molar-refractivity contribution in [3.63, 3.8) is 0 Å². The third-order valence-electron chi connectivity index (χ3n) is 5.00. The SMILES string of the molecule is CC(C)(C)SNCc1cccc(N=C(N)c2c(NC3CCCCC3)cc[nH]c2=O)c1. The van der Waals surface area contributed by atoms with E-state index in [2.05, 4.69) is 46.9 Å². The van der Waals surface area contributed by atoms with E-state index >= 15 is 0 Å². The van der Waals surface area contributed by atoms with E-state index in [1.165, 1.54) is 19.3 Å². The first-order valence-corrected chi connectivity index (χ1v) is 11.5. The number of rotatable bonds is 7. The van der Waals surface area contributed by atoms with Gasteiger partial charge in [-0.2, -0.15) is 0 Å². The normalized spacial score (nSPS) is 15.9. The minimum absolute atomic E-state index is 0.149. The fourth-order valence-corrected chi connectivity index (χ4v) is 4.26. The summed E-state index contributed by atoms with van der Waals surface area (Å²) in [5, 5.41) is 3.52. The van der Waals surface area contributed by atoms with Crippen LogP contribution in [0, 0.1) is 0 Å². The second-order valence-corrected chi connectivity index (χ2v) is 10.5. The number of aromatic nitrogens is 1. The first kappa shape index (κ1) is 22.4. The van der Waals surface area contributed by atoms with Gasteiger partial charge in [0.25, 0.3) is 5.56 Å². The van der Waals surface area contributed by atoms with Crippen LogP contribution in [-0.4, -0.2) is 21.6 Å². The summed E-state index contributed by atoms with van der Waals surface area (Å²) in [6.45, 7) is 7.23. The number of benzene rings is 1. The number of nitrogens with two attached hydrogens (primary N) is 1. The molecule has 5 N–H and O–H groups in total. The average molecular weight is 428 g/mol. The fraction of sp³-hybridized carbons (Fsp3) is 0.478. The van der Waals surface area contributed by atoms with Gasteiger partial charge in [-0.1, -0.05) is 43.3 Å². The number of anilines is 1. The summed E-state index contributed by atoms with van der Waals surface area (Å²) in [6, 6.07) is 10.2. The van der Waals surface area contributed by atoms with Crippen LogP contribution >= 0.6 is 11.9 Å². The second kappa shape index (κ2) is 10.2. The molecular formula is C23H33N5OS. The highest BCUT2D eigenvalue weighted by molar-refractivity contribution is 7.98. The van der Waals surface area contributed by atoms with Gasteiger partial charge in [0.15, 0.2) is 0 Å². The standard InChI is InChI=1S/C23H33N5OS/c1-23(2,3)30-26-15-16-8-7-11-18(14-16)28-21(24)20-19(12-13-25-22(20)29)27-17-9-5-4-6-10-17/h7-8,11-14,17,26H,4-6,9-10,15H2,1-3H3,(H2,24,28)(H2,25,27,29). The van der Waals surface area contributed by atoms with Gasteiger partial charge in [-0.3, -0.25) is 9.52 Å². The van der Waals surface area contributed by atoms with Crippen LogP contribution in [0.4, 0.5) is 11.4 Å². The molecule has 1 aromatic carbocycles. The smallest absolute Gasteiger partial charge is 0.261 e. The zero-order valence-electron chi connectivity index (χ0n) is 18.1. The van der Waals surface area contributed by atoms with Crippen molar-refractivity contribution >= 4 is 29.2 Å². The lowest BCUT2D eigenvalue weighted by atomic mass is 9.95. The Kier molecular flexibility index (Phi) is 7.61. The molecule has 162 valence electrons. The molecule has 0 unspecified atom stereocenters. The highest BCUT2D eigenvalue weighted by atomic mass is 32.2. The van der Waals surface area contributed by atoms with E-state index in [0.717, 1.165) is 36.3 Å². The van der Waals surface area contributed by atoms with Crippen LogP contribution in [0.15, 0.2) is 46.3 Å². The zero-order valence-corrected chi connectivity index (χ0v) is 18.9. The van der Waals surface area contributed by atoms with Gasteiger partial charge in [-0.25, -0.2) is 4.99 Å². The second-order valence-electron chi connectivity index (χ2n) is 8.78. The summed E-state index contributed by atoms with van der Waals surface area (Å²) in [5.41, 5.74) is 9.10. The van der Waals surface area contributed by atoms with Gasteiger partial charge >= 0.3 is 0 Å². The number of pyridine rings is 1. The number of aromatic amines is 1. The number of hydrogen-bond donors (Lipinski definition) is 4. The topological polar surface area (TPSA) is 95.3 Å². The van der Waals surface area contributed by atoms with Gasteiger partial charge < -0.3 is 16.0 Å². The highest BCUT2D eigenvalue weighted by Crippen LogP contribution is 2.24. The van der Waals surface area contributed by atoms with Crippen molar-refractivity contribution in [3.8, 4) is 0 Å². The summed E-state index contributed by atoms with van der Waals surface area (Å²) in [5.74, 6) is 0.226. The molecule has 1 fully saturated rings. The Hall–Kier alpha value is -2.25. The number of H-pyrrole nitrogens is 1. The molecule has 1 aliphatic rings. The van der Waals surface area contributed by atoms with Gasteiger partial charge in [-0.15, -0.1) is 0 Å². The van der Waals surface area contributed by atoms with Crippen molar-refractivity contribution in [1.82, 2.24) is 9.71 Å². The number of hydrogen-bond acceptors (Lipinski definition) is 5. The molecular weight excluding hydrogens is 394 g/mol. The summed E-state index contributed by atoms with van der Waals surface area (Å²) in [6.07, 6.45) is 7.60. The van der Waals surface area contributed by atoms with E-state index < -0.39 is 0 Å². The molecule has 1 saturated carbocycles. The Morgan fingerprint density at radius 3 is 2.73 bits per heavy atom.